The number of nitrogens with two attached hydrogens (primary N) is 1. The van der Waals surface area contributed by atoms with Crippen molar-refractivity contribution in [2.24, 2.45) is 15.7 Å². The minimum Gasteiger partial charge on any atom is -0.488 e. The number of nitrogens with one attached hydrogen (secondary N) is 2. The average Bonchev–Trinajstić information content (AvgIpc) is 2.77. The Morgan fingerprint density at radius 1 is 1.15 bits per heavy atom. The van der Waals surface area contributed by atoms with E-state index >= 15 is 0 Å². The van der Waals surface area contributed by atoms with Crippen molar-refractivity contribution >= 4 is 27.6 Å². The van der Waals surface area contributed by atoms with Crippen LogP contribution >= 0.6 is 0 Å². The second kappa shape index (κ2) is 11.2. The van der Waals surface area contributed by atoms with Crippen LogP contribution in [0.5, 0.6) is 5.75 Å². The molecule has 176 valence electrons. The fourth-order valence-electron chi connectivity index (χ4n) is 3.14. The first-order chi connectivity index (χ1) is 16.2. The van der Waals surface area contributed by atoms with E-state index in [4.69, 9.17) is 15.3 Å². The molecule has 3 aromatic rings. The van der Waals surface area contributed by atoms with Gasteiger partial charge in [0.1, 0.15) is 24.0 Å². The van der Waals surface area contributed by atoms with Gasteiger partial charge in [-0.25, -0.2) is 18.6 Å². The van der Waals surface area contributed by atoms with Gasteiger partial charge in [-0.3, -0.25) is 4.78 Å². The molecule has 0 aliphatic carbocycles. The van der Waals surface area contributed by atoms with E-state index in [-0.39, 0.29) is 29.8 Å². The highest BCUT2D eigenvalue weighted by Crippen LogP contribution is 2.24. The predicted molar refractivity (Wildman–Crippen MR) is 136 cm³/mol. The molecule has 0 radical (unpaired) electrons. The highest BCUT2D eigenvalue weighted by atomic mass is 32.2. The maximum atomic E-state index is 14.0. The molecule has 1 atom stereocenters. The number of benzene rings is 3. The van der Waals surface area contributed by atoms with Gasteiger partial charge in [0.15, 0.2) is 5.84 Å². The summed E-state index contributed by atoms with van der Waals surface area (Å²) in [6, 6.07) is 20.7. The summed E-state index contributed by atoms with van der Waals surface area (Å²) >= 11 is 0. The summed E-state index contributed by atoms with van der Waals surface area (Å²) in [6.07, 6.45) is 2.48. The number of hydrogen-bond donors (Lipinski definition) is 3. The number of hydrogen-bond acceptors (Lipinski definition) is 5. The molecule has 3 rings (SSSR count). The van der Waals surface area contributed by atoms with Gasteiger partial charge in [-0.2, -0.15) is 0 Å². The molecule has 0 bridgehead atoms. The van der Waals surface area contributed by atoms with Crippen LogP contribution in [0.4, 0.5) is 10.1 Å². The number of aliphatic imine (C=N–C) groups is 2. The normalized spacial score (nSPS) is 13.4. The van der Waals surface area contributed by atoms with Crippen molar-refractivity contribution in [3.63, 3.8) is 0 Å². The monoisotopic (exact) mass is 479 g/mol. The fourth-order valence-corrected chi connectivity index (χ4v) is 3.96. The highest BCUT2D eigenvalue weighted by molar-refractivity contribution is 7.90. The quantitative estimate of drug-likeness (QED) is 0.299. The van der Waals surface area contributed by atoms with Crippen LogP contribution in [0.25, 0.3) is 0 Å². The number of amidine groups is 1. The molecule has 0 saturated carbocycles. The second-order valence-electron chi connectivity index (χ2n) is 7.55. The standard InChI is InChI=1S/C25H26FN5O2S/c1-18(30-22-10-6-9-20(13-22)16-34(2,28)32)31-25(29-17-27)23-12-11-21(26)14-24(23)33-15-19-7-4-3-5-8-19/h3-14,17,28,30H,1,15-16H2,2H3,(H2,27,29,31). The van der Waals surface area contributed by atoms with E-state index in [1.165, 1.54) is 24.5 Å². The topological polar surface area (TPSA) is 113 Å². The fraction of sp³-hybridized carbons (Fsp3) is 0.120. The molecule has 0 aromatic heterocycles. The van der Waals surface area contributed by atoms with E-state index in [1.807, 2.05) is 30.3 Å². The van der Waals surface area contributed by atoms with Crippen LogP contribution in [0.1, 0.15) is 16.7 Å². The van der Waals surface area contributed by atoms with Gasteiger partial charge in [0.2, 0.25) is 0 Å². The Balaban J connectivity index is 1.85. The third kappa shape index (κ3) is 7.56. The zero-order valence-corrected chi connectivity index (χ0v) is 19.5. The number of ether oxygens (including phenoxy) is 1. The van der Waals surface area contributed by atoms with E-state index in [9.17, 15) is 8.60 Å². The van der Waals surface area contributed by atoms with Gasteiger partial charge in [-0.15, -0.1) is 0 Å². The Bertz CT molecular complexity index is 1320. The molecule has 0 fully saturated rings. The largest absolute Gasteiger partial charge is 0.488 e. The first kappa shape index (κ1) is 24.7. The molecular weight excluding hydrogens is 453 g/mol. The number of anilines is 1. The molecule has 0 saturated heterocycles. The first-order valence-corrected chi connectivity index (χ1v) is 12.4. The highest BCUT2D eigenvalue weighted by Gasteiger charge is 2.13. The van der Waals surface area contributed by atoms with Gasteiger partial charge in [0.05, 0.1) is 17.7 Å². The molecule has 0 heterocycles. The van der Waals surface area contributed by atoms with Crippen molar-refractivity contribution in [1.29, 1.82) is 4.78 Å². The third-order valence-corrected chi connectivity index (χ3v) is 5.40. The van der Waals surface area contributed by atoms with Crippen molar-refractivity contribution in [3.8, 4) is 5.75 Å². The Kier molecular flexibility index (Phi) is 8.15. The van der Waals surface area contributed by atoms with Crippen LogP contribution in [0.3, 0.4) is 0 Å². The second-order valence-corrected chi connectivity index (χ2v) is 9.85. The lowest BCUT2D eigenvalue weighted by molar-refractivity contribution is 0.304. The Morgan fingerprint density at radius 3 is 2.59 bits per heavy atom. The van der Waals surface area contributed by atoms with Crippen molar-refractivity contribution < 1.29 is 13.3 Å². The summed E-state index contributed by atoms with van der Waals surface area (Å²) in [5.41, 5.74) is 8.31. The molecule has 9 heteroatoms. The third-order valence-electron chi connectivity index (χ3n) is 4.52. The van der Waals surface area contributed by atoms with Gasteiger partial charge >= 0.3 is 0 Å². The lowest BCUT2D eigenvalue weighted by Gasteiger charge is -2.13. The smallest absolute Gasteiger partial charge is 0.166 e. The number of nitrogens with zero attached hydrogens (tertiary/aromatic N) is 2. The maximum absolute atomic E-state index is 14.0. The van der Waals surface area contributed by atoms with Crippen molar-refractivity contribution in [3.05, 3.63) is 108 Å². The number of halogens is 1. The van der Waals surface area contributed by atoms with Crippen molar-refractivity contribution in [2.75, 3.05) is 11.6 Å². The zero-order valence-electron chi connectivity index (χ0n) is 18.7. The maximum Gasteiger partial charge on any atom is 0.166 e. The summed E-state index contributed by atoms with van der Waals surface area (Å²) in [7, 11) is -2.67. The van der Waals surface area contributed by atoms with E-state index < -0.39 is 15.5 Å². The lowest BCUT2D eigenvalue weighted by Crippen LogP contribution is -2.08. The predicted octanol–water partition coefficient (Wildman–Crippen LogP) is 4.90. The minimum absolute atomic E-state index is 0.138. The van der Waals surface area contributed by atoms with Crippen LogP contribution in [0, 0.1) is 10.6 Å². The van der Waals surface area contributed by atoms with E-state index in [0.717, 1.165) is 17.5 Å². The molecule has 0 aliphatic heterocycles. The molecule has 0 amide bonds. The molecule has 1 unspecified atom stereocenters. The molecule has 0 spiro atoms. The van der Waals surface area contributed by atoms with Gasteiger partial charge < -0.3 is 15.8 Å². The Labute approximate surface area is 198 Å². The van der Waals surface area contributed by atoms with Gasteiger partial charge in [-0.05, 0) is 35.4 Å². The van der Waals surface area contributed by atoms with Crippen LogP contribution in [0.2, 0.25) is 0 Å². The van der Waals surface area contributed by atoms with Crippen LogP contribution in [-0.2, 0) is 22.1 Å². The van der Waals surface area contributed by atoms with Crippen LogP contribution in [0.15, 0.2) is 95.2 Å². The molecule has 3 aromatic carbocycles. The SMILES string of the molecule is C=C(N=C(N=CN)c1ccc(F)cc1OCc1ccccc1)Nc1cccc(CS(C)(=N)=O)c1. The van der Waals surface area contributed by atoms with E-state index in [1.54, 1.807) is 24.3 Å². The summed E-state index contributed by atoms with van der Waals surface area (Å²) in [5, 5.41) is 3.05. The summed E-state index contributed by atoms with van der Waals surface area (Å²) in [4.78, 5) is 8.54. The zero-order chi connectivity index (χ0) is 24.6. The first-order valence-electron chi connectivity index (χ1n) is 10.3. The van der Waals surface area contributed by atoms with Gasteiger partial charge in [-0.1, -0.05) is 49.0 Å². The molecule has 0 aliphatic rings. The number of rotatable bonds is 9. The lowest BCUT2D eigenvalue weighted by atomic mass is 10.1. The van der Waals surface area contributed by atoms with Crippen molar-refractivity contribution in [1.82, 2.24) is 0 Å². The van der Waals surface area contributed by atoms with Crippen LogP contribution in [-0.4, -0.2) is 22.6 Å². The van der Waals surface area contributed by atoms with Crippen molar-refractivity contribution in [2.45, 2.75) is 12.4 Å². The van der Waals surface area contributed by atoms with E-state index in [2.05, 4.69) is 21.9 Å². The summed E-state index contributed by atoms with van der Waals surface area (Å²) in [5.74, 6) is 0.370. The molecular formula is C25H26FN5O2S. The Hall–Kier alpha value is -3.98. The molecule has 7 nitrogen and oxygen atoms in total. The summed E-state index contributed by atoms with van der Waals surface area (Å²) < 4.78 is 39.3. The average molecular weight is 480 g/mol. The minimum atomic E-state index is -2.67. The van der Waals surface area contributed by atoms with Crippen LogP contribution < -0.4 is 15.8 Å². The molecule has 4 N–H and O–H groups in total. The van der Waals surface area contributed by atoms with Gasteiger partial charge in [0.25, 0.3) is 0 Å². The molecule has 34 heavy (non-hydrogen) atoms. The Morgan fingerprint density at radius 2 is 1.88 bits per heavy atom. The summed E-state index contributed by atoms with van der Waals surface area (Å²) in [6.45, 7) is 4.16. The van der Waals surface area contributed by atoms with Gasteiger partial charge in [0, 0.05) is 27.7 Å². The van der Waals surface area contributed by atoms with E-state index in [0.29, 0.717) is 11.3 Å².